The van der Waals surface area contributed by atoms with Crippen LogP contribution in [0.4, 0.5) is 0 Å². The van der Waals surface area contributed by atoms with E-state index in [0.717, 1.165) is 21.6 Å². The zero-order valence-corrected chi connectivity index (χ0v) is 18.2. The Kier molecular flexibility index (Phi) is 4.62. The van der Waals surface area contributed by atoms with Crippen molar-refractivity contribution in [2.75, 3.05) is 0 Å². The first kappa shape index (κ1) is 20.4. The Morgan fingerprint density at radius 3 is 2.21 bits per heavy atom. The van der Waals surface area contributed by atoms with Crippen LogP contribution in [0.5, 0.6) is 0 Å². The molecule has 0 unspecified atom stereocenters. The van der Waals surface area contributed by atoms with Gasteiger partial charge in [-0.25, -0.2) is 0 Å². The summed E-state index contributed by atoms with van der Waals surface area (Å²) in [7, 11) is 0. The van der Waals surface area contributed by atoms with Crippen molar-refractivity contribution in [3.8, 4) is 0 Å². The standard InChI is InChI=1S/C22H25NO4S/c1-8-23-16-11(2)13(9-10-14(16)28-20(23)27)17(24)15-12(3)21(4,5)19(26)22(6,7)18(15)25/h9-10H,8H2,1-7H3. The van der Waals surface area contributed by atoms with Crippen LogP contribution in [0.25, 0.3) is 10.2 Å². The minimum absolute atomic E-state index is 0.0674. The molecule has 0 radical (unpaired) electrons. The van der Waals surface area contributed by atoms with Crippen molar-refractivity contribution < 1.29 is 14.4 Å². The normalized spacial score (nSPS) is 18.8. The van der Waals surface area contributed by atoms with Gasteiger partial charge in [-0.3, -0.25) is 23.7 Å². The molecular weight excluding hydrogens is 374 g/mol. The van der Waals surface area contributed by atoms with Crippen molar-refractivity contribution in [1.82, 2.24) is 4.57 Å². The molecule has 0 aliphatic heterocycles. The molecule has 1 heterocycles. The molecule has 0 fully saturated rings. The smallest absolute Gasteiger partial charge is 0.299 e. The van der Waals surface area contributed by atoms with Gasteiger partial charge < -0.3 is 0 Å². The lowest BCUT2D eigenvalue weighted by Gasteiger charge is -2.39. The van der Waals surface area contributed by atoms with Crippen molar-refractivity contribution in [1.29, 1.82) is 0 Å². The summed E-state index contributed by atoms with van der Waals surface area (Å²) in [5.41, 5.74) is 0.273. The molecule has 5 nitrogen and oxygen atoms in total. The van der Waals surface area contributed by atoms with Crippen LogP contribution in [0.3, 0.4) is 0 Å². The Morgan fingerprint density at radius 2 is 1.64 bits per heavy atom. The lowest BCUT2D eigenvalue weighted by molar-refractivity contribution is -0.142. The van der Waals surface area contributed by atoms with Crippen LogP contribution in [0.1, 0.15) is 57.5 Å². The number of fused-ring (bicyclic) bond motifs is 1. The molecule has 6 heteroatoms. The van der Waals surface area contributed by atoms with Gasteiger partial charge in [0.2, 0.25) is 0 Å². The lowest BCUT2D eigenvalue weighted by Crippen LogP contribution is -2.49. The van der Waals surface area contributed by atoms with Crippen LogP contribution in [0, 0.1) is 17.8 Å². The lowest BCUT2D eigenvalue weighted by atomic mass is 9.60. The SMILES string of the molecule is CCn1c(=O)sc2ccc(C(=O)C3=C(C)C(C)(C)C(=O)C(C)(C)C3=O)c(C)c21. The fourth-order valence-corrected chi connectivity index (χ4v) is 5.14. The number of carbonyl (C=O) groups excluding carboxylic acids is 3. The number of benzene rings is 1. The number of hydrogen-bond acceptors (Lipinski definition) is 5. The van der Waals surface area contributed by atoms with Gasteiger partial charge in [0.05, 0.1) is 21.2 Å². The minimum Gasteiger partial charge on any atom is -0.299 e. The van der Waals surface area contributed by atoms with Gasteiger partial charge in [-0.2, -0.15) is 0 Å². The molecule has 0 saturated carbocycles. The molecular formula is C22H25NO4S. The summed E-state index contributed by atoms with van der Waals surface area (Å²) < 4.78 is 2.46. The molecule has 0 spiro atoms. The van der Waals surface area contributed by atoms with Gasteiger partial charge in [-0.05, 0) is 71.7 Å². The van der Waals surface area contributed by atoms with E-state index in [1.165, 1.54) is 0 Å². The first-order valence-electron chi connectivity index (χ1n) is 9.36. The zero-order valence-electron chi connectivity index (χ0n) is 17.4. The fourth-order valence-electron chi connectivity index (χ4n) is 4.12. The van der Waals surface area contributed by atoms with E-state index in [-0.39, 0.29) is 22.0 Å². The van der Waals surface area contributed by atoms with Crippen LogP contribution in [-0.4, -0.2) is 21.9 Å². The first-order chi connectivity index (χ1) is 12.9. The van der Waals surface area contributed by atoms with Gasteiger partial charge in [-0.15, -0.1) is 0 Å². The van der Waals surface area contributed by atoms with E-state index in [4.69, 9.17) is 0 Å². The highest BCUT2D eigenvalue weighted by Crippen LogP contribution is 2.45. The van der Waals surface area contributed by atoms with Crippen LogP contribution >= 0.6 is 11.3 Å². The number of ketones is 3. The van der Waals surface area contributed by atoms with Crippen molar-refractivity contribution >= 4 is 38.9 Å². The Labute approximate surface area is 168 Å². The van der Waals surface area contributed by atoms with E-state index in [9.17, 15) is 19.2 Å². The number of hydrogen-bond donors (Lipinski definition) is 0. The molecule has 0 amide bonds. The Bertz CT molecular complexity index is 1140. The average molecular weight is 400 g/mol. The van der Waals surface area contributed by atoms with E-state index in [1.54, 1.807) is 58.2 Å². The highest BCUT2D eigenvalue weighted by molar-refractivity contribution is 7.16. The maximum Gasteiger partial charge on any atom is 0.308 e. The van der Waals surface area contributed by atoms with E-state index < -0.39 is 16.6 Å². The van der Waals surface area contributed by atoms with Gasteiger partial charge in [0.1, 0.15) is 0 Å². The number of aromatic nitrogens is 1. The summed E-state index contributed by atoms with van der Waals surface area (Å²) in [6, 6.07) is 3.44. The van der Waals surface area contributed by atoms with Crippen LogP contribution in [-0.2, 0) is 16.1 Å². The van der Waals surface area contributed by atoms with Gasteiger partial charge in [0.15, 0.2) is 17.3 Å². The third-order valence-electron chi connectivity index (χ3n) is 6.11. The molecule has 2 aromatic rings. The fraction of sp³-hybridized carbons (Fsp3) is 0.455. The first-order valence-corrected chi connectivity index (χ1v) is 10.2. The summed E-state index contributed by atoms with van der Waals surface area (Å²) in [5, 5.41) is 0. The van der Waals surface area contributed by atoms with Crippen LogP contribution < -0.4 is 4.87 Å². The topological polar surface area (TPSA) is 73.2 Å². The average Bonchev–Trinajstić information content (AvgIpc) is 2.96. The maximum absolute atomic E-state index is 13.5. The number of rotatable bonds is 3. The summed E-state index contributed by atoms with van der Waals surface area (Å²) in [6.07, 6.45) is 0. The summed E-state index contributed by atoms with van der Waals surface area (Å²) >= 11 is 1.15. The quantitative estimate of drug-likeness (QED) is 0.443. The summed E-state index contributed by atoms with van der Waals surface area (Å²) in [5.74, 6) is -0.988. The third-order valence-corrected chi connectivity index (χ3v) is 7.06. The molecule has 0 atom stereocenters. The Hall–Kier alpha value is -2.34. The largest absolute Gasteiger partial charge is 0.308 e. The summed E-state index contributed by atoms with van der Waals surface area (Å²) in [4.78, 5) is 51.6. The molecule has 0 bridgehead atoms. The molecule has 148 valence electrons. The molecule has 0 N–H and O–H groups in total. The number of Topliss-reactive ketones (excluding diaryl/α,β-unsaturated/α-hetero) is 3. The maximum atomic E-state index is 13.5. The second-order valence-electron chi connectivity index (χ2n) is 8.43. The van der Waals surface area contributed by atoms with Crippen molar-refractivity contribution in [2.24, 2.45) is 10.8 Å². The van der Waals surface area contributed by atoms with Crippen LogP contribution in [0.15, 0.2) is 28.1 Å². The van der Waals surface area contributed by atoms with E-state index >= 15 is 0 Å². The second-order valence-corrected chi connectivity index (χ2v) is 9.43. The van der Waals surface area contributed by atoms with Crippen LogP contribution in [0.2, 0.25) is 0 Å². The van der Waals surface area contributed by atoms with Crippen molar-refractivity contribution in [2.45, 2.75) is 55.0 Å². The monoisotopic (exact) mass is 399 g/mol. The van der Waals surface area contributed by atoms with Gasteiger partial charge >= 0.3 is 4.87 Å². The second kappa shape index (κ2) is 6.34. The molecule has 1 aliphatic carbocycles. The number of aryl methyl sites for hydroxylation is 2. The molecule has 1 aromatic heterocycles. The van der Waals surface area contributed by atoms with E-state index in [1.807, 2.05) is 6.92 Å². The highest BCUT2D eigenvalue weighted by Gasteiger charge is 2.52. The number of carbonyl (C=O) groups is 3. The van der Waals surface area contributed by atoms with Gasteiger partial charge in [0, 0.05) is 17.5 Å². The number of thiazole rings is 1. The molecule has 1 aromatic carbocycles. The summed E-state index contributed by atoms with van der Waals surface area (Å²) in [6.45, 7) is 12.6. The Morgan fingerprint density at radius 1 is 1.04 bits per heavy atom. The molecule has 3 rings (SSSR count). The third kappa shape index (κ3) is 2.58. The molecule has 0 saturated heterocycles. The Balaban J connectivity index is 2.28. The zero-order chi connectivity index (χ0) is 21.2. The van der Waals surface area contributed by atoms with E-state index in [0.29, 0.717) is 23.2 Å². The van der Waals surface area contributed by atoms with Gasteiger partial charge in [0.25, 0.3) is 0 Å². The van der Waals surface area contributed by atoms with E-state index in [2.05, 4.69) is 0 Å². The number of nitrogens with zero attached hydrogens (tertiary/aromatic N) is 1. The number of allylic oxidation sites excluding steroid dienone is 2. The predicted molar refractivity (Wildman–Crippen MR) is 111 cm³/mol. The minimum atomic E-state index is -1.25. The molecule has 1 aliphatic rings. The van der Waals surface area contributed by atoms with Crippen molar-refractivity contribution in [3.63, 3.8) is 0 Å². The predicted octanol–water partition coefficient (Wildman–Crippen LogP) is 4.09. The highest BCUT2D eigenvalue weighted by atomic mass is 32.1. The van der Waals surface area contributed by atoms with Gasteiger partial charge in [-0.1, -0.05) is 11.3 Å². The molecule has 28 heavy (non-hydrogen) atoms. The van der Waals surface area contributed by atoms with Crippen molar-refractivity contribution in [3.05, 3.63) is 44.1 Å².